The van der Waals surface area contributed by atoms with Crippen LogP contribution in [0.4, 0.5) is 5.82 Å². The van der Waals surface area contributed by atoms with Gasteiger partial charge in [-0.2, -0.15) is 0 Å². The summed E-state index contributed by atoms with van der Waals surface area (Å²) < 4.78 is 5.57. The molecule has 0 unspecified atom stereocenters. The van der Waals surface area contributed by atoms with Crippen LogP contribution in [0.15, 0.2) is 30.6 Å². The molecule has 1 aromatic carbocycles. The molecule has 2 N–H and O–H groups in total. The molecule has 0 bridgehead atoms. The maximum Gasteiger partial charge on any atom is 0.221 e. The van der Waals surface area contributed by atoms with Gasteiger partial charge in [0.1, 0.15) is 18.8 Å². The molecule has 0 radical (unpaired) electrons. The number of nitrogens with two attached hydrogens (primary N) is 1. The Labute approximate surface area is 104 Å². The fourth-order valence-electron chi connectivity index (χ4n) is 1.32. The summed E-state index contributed by atoms with van der Waals surface area (Å²) in [6.07, 6.45) is 1.39. The van der Waals surface area contributed by atoms with E-state index < -0.39 is 0 Å². The smallest absolute Gasteiger partial charge is 0.221 e. The summed E-state index contributed by atoms with van der Waals surface area (Å²) in [6.45, 7) is 2.25. The highest BCUT2D eigenvalue weighted by atomic mass is 35.5. The van der Waals surface area contributed by atoms with Crippen molar-refractivity contribution in [3.8, 4) is 5.88 Å². The summed E-state index contributed by atoms with van der Waals surface area (Å²) in [6, 6.07) is 7.45. The summed E-state index contributed by atoms with van der Waals surface area (Å²) >= 11 is 5.80. The quantitative estimate of drug-likeness (QED) is 0.908. The van der Waals surface area contributed by atoms with Gasteiger partial charge < -0.3 is 10.5 Å². The molecule has 0 fully saturated rings. The van der Waals surface area contributed by atoms with Crippen LogP contribution < -0.4 is 10.5 Å². The first-order valence-electron chi connectivity index (χ1n) is 5.11. The molecule has 0 aliphatic carbocycles. The Bertz CT molecular complexity index is 514. The van der Waals surface area contributed by atoms with Crippen LogP contribution >= 0.6 is 11.6 Å². The molecule has 88 valence electrons. The van der Waals surface area contributed by atoms with E-state index in [-0.39, 0.29) is 0 Å². The summed E-state index contributed by atoms with van der Waals surface area (Å²) in [5.41, 5.74) is 7.43. The number of benzene rings is 1. The summed E-state index contributed by atoms with van der Waals surface area (Å²) in [7, 11) is 0. The maximum absolute atomic E-state index is 5.80. The molecule has 0 amide bonds. The molecule has 2 rings (SSSR count). The molecule has 4 nitrogen and oxygen atoms in total. The number of halogens is 1. The van der Waals surface area contributed by atoms with Gasteiger partial charge in [0.05, 0.1) is 5.56 Å². The first kappa shape index (κ1) is 11.7. The van der Waals surface area contributed by atoms with E-state index in [4.69, 9.17) is 22.1 Å². The SMILES string of the molecule is Cc1c(N)ncnc1OCc1ccc(Cl)cc1. The highest BCUT2D eigenvalue weighted by Crippen LogP contribution is 2.19. The number of hydrogen-bond acceptors (Lipinski definition) is 4. The summed E-state index contributed by atoms with van der Waals surface area (Å²) in [5, 5.41) is 0.705. The minimum atomic E-state index is 0.425. The van der Waals surface area contributed by atoms with E-state index in [1.165, 1.54) is 6.33 Å². The number of nitrogens with zero attached hydrogens (tertiary/aromatic N) is 2. The van der Waals surface area contributed by atoms with Gasteiger partial charge in [-0.1, -0.05) is 23.7 Å². The fraction of sp³-hybridized carbons (Fsp3) is 0.167. The van der Waals surface area contributed by atoms with Gasteiger partial charge in [0.25, 0.3) is 0 Å². The molecule has 17 heavy (non-hydrogen) atoms. The van der Waals surface area contributed by atoms with Gasteiger partial charge in [-0.3, -0.25) is 0 Å². The van der Waals surface area contributed by atoms with Gasteiger partial charge in [-0.25, -0.2) is 9.97 Å². The van der Waals surface area contributed by atoms with Crippen molar-refractivity contribution in [1.82, 2.24) is 9.97 Å². The Balaban J connectivity index is 2.07. The van der Waals surface area contributed by atoms with Crippen LogP contribution in [0.1, 0.15) is 11.1 Å². The van der Waals surface area contributed by atoms with Crippen molar-refractivity contribution in [2.24, 2.45) is 0 Å². The maximum atomic E-state index is 5.80. The van der Waals surface area contributed by atoms with Crippen LogP contribution in [-0.4, -0.2) is 9.97 Å². The highest BCUT2D eigenvalue weighted by molar-refractivity contribution is 6.30. The van der Waals surface area contributed by atoms with E-state index in [2.05, 4.69) is 9.97 Å². The predicted molar refractivity (Wildman–Crippen MR) is 67.0 cm³/mol. The Morgan fingerprint density at radius 1 is 1.24 bits per heavy atom. The van der Waals surface area contributed by atoms with Crippen molar-refractivity contribution < 1.29 is 4.74 Å². The molecule has 0 aliphatic heterocycles. The first-order valence-corrected chi connectivity index (χ1v) is 5.49. The minimum Gasteiger partial charge on any atom is -0.472 e. The lowest BCUT2D eigenvalue weighted by atomic mass is 10.2. The average molecular weight is 250 g/mol. The summed E-state index contributed by atoms with van der Waals surface area (Å²) in [4.78, 5) is 7.91. The van der Waals surface area contributed by atoms with Gasteiger partial charge in [0.15, 0.2) is 0 Å². The molecule has 0 aliphatic rings. The van der Waals surface area contributed by atoms with Crippen molar-refractivity contribution in [3.05, 3.63) is 46.7 Å². The zero-order valence-corrected chi connectivity index (χ0v) is 10.1. The molecule has 0 atom stereocenters. The second-order valence-corrected chi connectivity index (χ2v) is 4.04. The Morgan fingerprint density at radius 2 is 1.94 bits per heavy atom. The number of hydrogen-bond donors (Lipinski definition) is 1. The van der Waals surface area contributed by atoms with Crippen molar-refractivity contribution in [3.63, 3.8) is 0 Å². The van der Waals surface area contributed by atoms with Crippen molar-refractivity contribution >= 4 is 17.4 Å². The number of aromatic nitrogens is 2. The zero-order valence-electron chi connectivity index (χ0n) is 9.35. The third-order valence-electron chi connectivity index (χ3n) is 2.37. The lowest BCUT2D eigenvalue weighted by molar-refractivity contribution is 0.291. The van der Waals surface area contributed by atoms with E-state index >= 15 is 0 Å². The number of anilines is 1. The molecule has 2 aromatic rings. The van der Waals surface area contributed by atoms with E-state index in [1.807, 2.05) is 31.2 Å². The van der Waals surface area contributed by atoms with Crippen LogP contribution in [0.25, 0.3) is 0 Å². The molecule has 0 saturated heterocycles. The standard InChI is InChI=1S/C12H12ClN3O/c1-8-11(14)15-7-16-12(8)17-6-9-2-4-10(13)5-3-9/h2-5,7H,6H2,1H3,(H2,14,15,16). The van der Waals surface area contributed by atoms with Crippen LogP contribution in [0.2, 0.25) is 5.02 Å². The predicted octanol–water partition coefficient (Wildman–Crippen LogP) is 2.60. The van der Waals surface area contributed by atoms with Gasteiger partial charge in [0.2, 0.25) is 5.88 Å². The minimum absolute atomic E-state index is 0.425. The van der Waals surface area contributed by atoms with E-state index in [0.29, 0.717) is 23.3 Å². The molecule has 1 aromatic heterocycles. The van der Waals surface area contributed by atoms with Crippen LogP contribution in [0.3, 0.4) is 0 Å². The van der Waals surface area contributed by atoms with Crippen LogP contribution in [0, 0.1) is 6.92 Å². The molecular formula is C12H12ClN3O. The molecular weight excluding hydrogens is 238 g/mol. The van der Waals surface area contributed by atoms with Gasteiger partial charge >= 0.3 is 0 Å². The highest BCUT2D eigenvalue weighted by Gasteiger charge is 2.05. The molecule has 0 saturated carbocycles. The number of ether oxygens (including phenoxy) is 1. The van der Waals surface area contributed by atoms with E-state index in [9.17, 15) is 0 Å². The lowest BCUT2D eigenvalue weighted by Gasteiger charge is -2.08. The zero-order chi connectivity index (χ0) is 12.3. The van der Waals surface area contributed by atoms with E-state index in [0.717, 1.165) is 11.1 Å². The third kappa shape index (κ3) is 2.85. The monoisotopic (exact) mass is 249 g/mol. The van der Waals surface area contributed by atoms with Crippen molar-refractivity contribution in [2.75, 3.05) is 5.73 Å². The first-order chi connectivity index (χ1) is 8.16. The molecule has 1 heterocycles. The second-order valence-electron chi connectivity index (χ2n) is 3.60. The third-order valence-corrected chi connectivity index (χ3v) is 2.62. The summed E-state index contributed by atoms with van der Waals surface area (Å²) in [5.74, 6) is 0.943. The average Bonchev–Trinajstić information content (AvgIpc) is 2.33. The molecule has 5 heteroatoms. The molecule has 0 spiro atoms. The van der Waals surface area contributed by atoms with Crippen LogP contribution in [0.5, 0.6) is 5.88 Å². The lowest BCUT2D eigenvalue weighted by Crippen LogP contribution is -2.02. The van der Waals surface area contributed by atoms with E-state index in [1.54, 1.807) is 0 Å². The van der Waals surface area contributed by atoms with Gasteiger partial charge in [-0.05, 0) is 24.6 Å². The number of nitrogen functional groups attached to an aromatic ring is 1. The number of rotatable bonds is 3. The second kappa shape index (κ2) is 5.01. The Hall–Kier alpha value is -1.81. The van der Waals surface area contributed by atoms with Gasteiger partial charge in [-0.15, -0.1) is 0 Å². The van der Waals surface area contributed by atoms with Crippen molar-refractivity contribution in [1.29, 1.82) is 0 Å². The van der Waals surface area contributed by atoms with Crippen LogP contribution in [-0.2, 0) is 6.61 Å². The fourth-order valence-corrected chi connectivity index (χ4v) is 1.45. The Kier molecular flexibility index (Phi) is 3.44. The largest absolute Gasteiger partial charge is 0.472 e. The normalized spacial score (nSPS) is 10.2. The topological polar surface area (TPSA) is 61.0 Å². The van der Waals surface area contributed by atoms with Crippen molar-refractivity contribution in [2.45, 2.75) is 13.5 Å². The van der Waals surface area contributed by atoms with Gasteiger partial charge in [0, 0.05) is 5.02 Å². The Morgan fingerprint density at radius 3 is 2.65 bits per heavy atom.